The standard InChI is InChI=1S/C19H25ClN5O/c1-3-25(10-4-8-24-9-7-21-15-24)14-17(13-23-25)22-12-16-5-6-19(26-2)18(20)11-16/h5-7,9,11,13-15,22H,3-4,8,10,12H2,1-2H3/q+1. The average molecular weight is 375 g/mol. The van der Waals surface area contributed by atoms with E-state index < -0.39 is 0 Å². The predicted octanol–water partition coefficient (Wildman–Crippen LogP) is 3.40. The summed E-state index contributed by atoms with van der Waals surface area (Å²) in [5.41, 5.74) is 2.15. The van der Waals surface area contributed by atoms with Crippen molar-refractivity contribution in [1.29, 1.82) is 0 Å². The van der Waals surface area contributed by atoms with Crippen molar-refractivity contribution in [3.8, 4) is 5.75 Å². The van der Waals surface area contributed by atoms with Crippen LogP contribution in [0.5, 0.6) is 5.75 Å². The van der Waals surface area contributed by atoms with Crippen molar-refractivity contribution in [3.63, 3.8) is 0 Å². The molecule has 0 saturated heterocycles. The van der Waals surface area contributed by atoms with Crippen LogP contribution in [0, 0.1) is 0 Å². The Morgan fingerprint density at radius 3 is 2.92 bits per heavy atom. The molecule has 26 heavy (non-hydrogen) atoms. The molecule has 7 heteroatoms. The molecular weight excluding hydrogens is 350 g/mol. The average Bonchev–Trinajstić information content (AvgIpc) is 3.31. The number of quaternary nitrogens is 1. The predicted molar refractivity (Wildman–Crippen MR) is 104 cm³/mol. The molecule has 1 unspecified atom stereocenters. The first-order chi connectivity index (χ1) is 12.6. The quantitative estimate of drug-likeness (QED) is 0.684. The van der Waals surface area contributed by atoms with Gasteiger partial charge in [-0.25, -0.2) is 4.98 Å². The molecule has 1 aromatic heterocycles. The van der Waals surface area contributed by atoms with E-state index in [0.717, 1.165) is 37.3 Å². The van der Waals surface area contributed by atoms with Gasteiger partial charge >= 0.3 is 0 Å². The summed E-state index contributed by atoms with van der Waals surface area (Å²) in [5, 5.41) is 8.79. The molecule has 1 aromatic carbocycles. The Balaban J connectivity index is 1.55. The van der Waals surface area contributed by atoms with Gasteiger partial charge in [0.15, 0.2) is 0 Å². The van der Waals surface area contributed by atoms with Crippen molar-refractivity contribution in [2.45, 2.75) is 26.4 Å². The number of aryl methyl sites for hydroxylation is 1. The number of nitrogens with zero attached hydrogens (tertiary/aromatic N) is 4. The molecule has 0 spiro atoms. The Morgan fingerprint density at radius 2 is 2.23 bits per heavy atom. The van der Waals surface area contributed by atoms with Gasteiger partial charge in [-0.2, -0.15) is 4.59 Å². The van der Waals surface area contributed by atoms with Gasteiger partial charge in [-0.1, -0.05) is 22.8 Å². The number of nitrogens with one attached hydrogen (secondary N) is 1. The number of aromatic nitrogens is 2. The van der Waals surface area contributed by atoms with Crippen LogP contribution in [0.25, 0.3) is 0 Å². The Hall–Kier alpha value is -2.31. The molecule has 1 N–H and O–H groups in total. The molecule has 1 aliphatic rings. The summed E-state index contributed by atoms with van der Waals surface area (Å²) in [7, 11) is 1.62. The Labute approximate surface area is 159 Å². The fourth-order valence-corrected chi connectivity index (χ4v) is 3.30. The van der Waals surface area contributed by atoms with Crippen molar-refractivity contribution >= 4 is 17.8 Å². The lowest BCUT2D eigenvalue weighted by Gasteiger charge is -2.24. The Bertz CT molecular complexity index is 787. The van der Waals surface area contributed by atoms with E-state index in [4.69, 9.17) is 21.4 Å². The van der Waals surface area contributed by atoms with Gasteiger partial charge in [0.05, 0.1) is 18.5 Å². The van der Waals surface area contributed by atoms with Crippen LogP contribution >= 0.6 is 11.6 Å². The molecule has 138 valence electrons. The topological polar surface area (TPSA) is 51.4 Å². The number of rotatable bonds is 9. The maximum absolute atomic E-state index is 6.19. The van der Waals surface area contributed by atoms with E-state index in [9.17, 15) is 0 Å². The molecule has 2 aromatic rings. The highest BCUT2D eigenvalue weighted by Crippen LogP contribution is 2.25. The summed E-state index contributed by atoms with van der Waals surface area (Å²) in [6.45, 7) is 5.71. The number of halogens is 1. The maximum Gasteiger partial charge on any atom is 0.148 e. The highest BCUT2D eigenvalue weighted by atomic mass is 35.5. The van der Waals surface area contributed by atoms with Crippen molar-refractivity contribution < 1.29 is 9.33 Å². The van der Waals surface area contributed by atoms with Gasteiger partial charge in [-0.3, -0.25) is 0 Å². The number of imidazole rings is 1. The lowest BCUT2D eigenvalue weighted by Crippen LogP contribution is -2.37. The van der Waals surface area contributed by atoms with E-state index in [1.165, 1.54) is 0 Å². The number of ether oxygens (including phenoxy) is 1. The van der Waals surface area contributed by atoms with Gasteiger partial charge in [-0.15, -0.1) is 0 Å². The number of benzene rings is 1. The molecular formula is C19H25ClN5O+. The second kappa shape index (κ2) is 8.38. The third-order valence-corrected chi connectivity index (χ3v) is 4.88. The summed E-state index contributed by atoms with van der Waals surface area (Å²) in [5.74, 6) is 0.691. The van der Waals surface area contributed by atoms with Crippen LogP contribution in [0.15, 0.2) is 53.9 Å². The van der Waals surface area contributed by atoms with Crippen LogP contribution in [-0.2, 0) is 13.1 Å². The zero-order valence-electron chi connectivity index (χ0n) is 15.2. The van der Waals surface area contributed by atoms with Crippen LogP contribution in [0.2, 0.25) is 5.02 Å². The highest BCUT2D eigenvalue weighted by Gasteiger charge is 2.27. The molecule has 0 fully saturated rings. The molecule has 0 bridgehead atoms. The monoisotopic (exact) mass is 374 g/mol. The van der Waals surface area contributed by atoms with Crippen LogP contribution in [-0.4, -0.2) is 40.6 Å². The van der Waals surface area contributed by atoms with Gasteiger partial charge in [0.2, 0.25) is 0 Å². The third kappa shape index (κ3) is 4.45. The molecule has 2 heterocycles. The van der Waals surface area contributed by atoms with E-state index in [0.29, 0.717) is 21.9 Å². The highest BCUT2D eigenvalue weighted by molar-refractivity contribution is 6.32. The summed E-state index contributed by atoms with van der Waals surface area (Å²) < 4.78 is 7.92. The first kappa shape index (κ1) is 18.5. The second-order valence-corrected chi connectivity index (χ2v) is 6.74. The fraction of sp³-hybridized carbons (Fsp3) is 0.368. The van der Waals surface area contributed by atoms with Gasteiger partial charge in [0.1, 0.15) is 37.0 Å². The summed E-state index contributed by atoms with van der Waals surface area (Å²) in [4.78, 5) is 4.08. The summed E-state index contributed by atoms with van der Waals surface area (Å²) >= 11 is 6.19. The lowest BCUT2D eigenvalue weighted by atomic mass is 10.2. The third-order valence-electron chi connectivity index (χ3n) is 4.59. The van der Waals surface area contributed by atoms with Gasteiger partial charge in [-0.05, 0) is 24.6 Å². The molecule has 0 saturated carbocycles. The lowest BCUT2D eigenvalue weighted by molar-refractivity contribution is -0.882. The van der Waals surface area contributed by atoms with Gasteiger partial charge < -0.3 is 14.6 Å². The van der Waals surface area contributed by atoms with Crippen molar-refractivity contribution in [3.05, 3.63) is 59.4 Å². The van der Waals surface area contributed by atoms with E-state index >= 15 is 0 Å². The molecule has 0 aliphatic carbocycles. The summed E-state index contributed by atoms with van der Waals surface area (Å²) in [6, 6.07) is 5.82. The van der Waals surface area contributed by atoms with Crippen molar-refractivity contribution in [2.75, 3.05) is 20.2 Å². The molecule has 6 nitrogen and oxygen atoms in total. The minimum absolute atomic E-state index is 0.624. The minimum atomic E-state index is 0.624. The van der Waals surface area contributed by atoms with Crippen molar-refractivity contribution in [1.82, 2.24) is 14.9 Å². The van der Waals surface area contributed by atoms with Crippen LogP contribution < -0.4 is 10.1 Å². The zero-order chi connectivity index (χ0) is 18.4. The number of allylic oxidation sites excluding steroid dienone is 1. The van der Waals surface area contributed by atoms with E-state index in [-0.39, 0.29) is 0 Å². The number of hydrogen-bond donors (Lipinski definition) is 1. The Kier molecular flexibility index (Phi) is 5.96. The molecule has 0 amide bonds. The molecule has 1 aliphatic heterocycles. The SMILES string of the molecule is CC[N+]1(CCCn2ccnc2)C=C(NCc2ccc(OC)c(Cl)c2)C=N1. The summed E-state index contributed by atoms with van der Waals surface area (Å²) in [6.07, 6.45) is 10.8. The van der Waals surface area contributed by atoms with Crippen LogP contribution in [0.3, 0.4) is 0 Å². The molecule has 3 rings (SSSR count). The van der Waals surface area contributed by atoms with Crippen LogP contribution in [0.1, 0.15) is 18.9 Å². The van der Waals surface area contributed by atoms with E-state index in [1.54, 1.807) is 7.11 Å². The smallest absolute Gasteiger partial charge is 0.148 e. The largest absolute Gasteiger partial charge is 0.495 e. The van der Waals surface area contributed by atoms with Gasteiger partial charge in [0.25, 0.3) is 0 Å². The Morgan fingerprint density at radius 1 is 1.35 bits per heavy atom. The second-order valence-electron chi connectivity index (χ2n) is 6.33. The normalized spacial score (nSPS) is 18.8. The van der Waals surface area contributed by atoms with Crippen LogP contribution in [0.4, 0.5) is 0 Å². The van der Waals surface area contributed by atoms with E-state index in [1.807, 2.05) is 43.1 Å². The van der Waals surface area contributed by atoms with Crippen molar-refractivity contribution in [2.24, 2.45) is 5.10 Å². The minimum Gasteiger partial charge on any atom is -0.495 e. The molecule has 1 atom stereocenters. The first-order valence-electron chi connectivity index (χ1n) is 8.81. The first-order valence-corrected chi connectivity index (χ1v) is 9.19. The number of hydrogen-bond acceptors (Lipinski definition) is 4. The maximum atomic E-state index is 6.19. The van der Waals surface area contributed by atoms with Gasteiger partial charge in [0, 0.05) is 31.9 Å². The van der Waals surface area contributed by atoms with E-state index in [2.05, 4.69) is 28.0 Å². The fourth-order valence-electron chi connectivity index (χ4n) is 3.02. The number of methoxy groups -OCH3 is 1. The molecule has 0 radical (unpaired) electrons. The zero-order valence-corrected chi connectivity index (χ0v) is 16.0.